The highest BCUT2D eigenvalue weighted by atomic mass is 32.2. The quantitative estimate of drug-likeness (QED) is 0.0527. The molecule has 1 aromatic rings. The zero-order valence-corrected chi connectivity index (χ0v) is 17.7. The molecule has 0 amide bonds. The fourth-order valence-corrected chi connectivity index (χ4v) is 5.09. The highest BCUT2D eigenvalue weighted by Crippen LogP contribution is 2.31. The molecule has 0 spiro atoms. The molecular weight excluding hydrogens is 414 g/mol. The number of hydrazine groups is 1. The van der Waals surface area contributed by atoms with Crippen molar-refractivity contribution in [1.82, 2.24) is 10.3 Å². The van der Waals surface area contributed by atoms with Crippen LogP contribution in [0.5, 0.6) is 0 Å². The van der Waals surface area contributed by atoms with Gasteiger partial charge in [0.2, 0.25) is 0 Å². The van der Waals surface area contributed by atoms with Crippen LogP contribution in [-0.2, 0) is 22.0 Å². The normalized spacial score (nSPS) is 17.0. The minimum Gasteiger partial charge on any atom is -0.382 e. The Morgan fingerprint density at radius 2 is 2.03 bits per heavy atom. The van der Waals surface area contributed by atoms with E-state index in [0.717, 1.165) is 12.0 Å². The molecule has 2 unspecified atom stereocenters. The predicted molar refractivity (Wildman–Crippen MR) is 117 cm³/mol. The zero-order chi connectivity index (χ0) is 21.4. The summed E-state index contributed by atoms with van der Waals surface area (Å²) in [6.45, 7) is 2.68. The Hall–Kier alpha value is -1.87. The molecule has 2 atom stereocenters. The third-order valence-electron chi connectivity index (χ3n) is 4.46. The molecule has 1 aromatic carbocycles. The van der Waals surface area contributed by atoms with Crippen LogP contribution in [-0.4, -0.2) is 47.0 Å². The van der Waals surface area contributed by atoms with Crippen molar-refractivity contribution in [2.24, 2.45) is 33.3 Å². The van der Waals surface area contributed by atoms with E-state index in [1.54, 1.807) is 12.1 Å². The molecule has 0 saturated carbocycles. The highest BCUT2D eigenvalue weighted by Gasteiger charge is 2.26. The molecule has 0 fully saturated rings. The molecular formula is C16H29N9O2S2. The number of anilines is 1. The van der Waals surface area contributed by atoms with Gasteiger partial charge in [0, 0.05) is 31.9 Å². The molecule has 1 aliphatic heterocycles. The van der Waals surface area contributed by atoms with Crippen molar-refractivity contribution >= 4 is 33.5 Å². The summed E-state index contributed by atoms with van der Waals surface area (Å²) in [4.78, 5) is 2.45. The molecule has 162 valence electrons. The van der Waals surface area contributed by atoms with Crippen LogP contribution in [0.25, 0.3) is 0 Å². The highest BCUT2D eigenvalue weighted by molar-refractivity contribution is 7.86. The second-order valence-electron chi connectivity index (χ2n) is 6.28. The van der Waals surface area contributed by atoms with Gasteiger partial charge in [-0.05, 0) is 31.5 Å². The first kappa shape index (κ1) is 23.4. The van der Waals surface area contributed by atoms with Crippen LogP contribution >= 0.6 is 0 Å². The van der Waals surface area contributed by atoms with Crippen LogP contribution in [0.15, 0.2) is 38.7 Å². The first-order valence-corrected chi connectivity index (χ1v) is 11.4. The van der Waals surface area contributed by atoms with Gasteiger partial charge in [-0.1, -0.05) is 11.6 Å². The average molecular weight is 444 g/mol. The third-order valence-corrected chi connectivity index (χ3v) is 6.62. The third kappa shape index (κ3) is 5.82. The predicted octanol–water partition coefficient (Wildman–Crippen LogP) is -2.19. The van der Waals surface area contributed by atoms with Crippen molar-refractivity contribution in [1.29, 1.82) is 0 Å². The maximum Gasteiger partial charge on any atom is 0.155 e. The number of benzene rings is 1. The minimum atomic E-state index is -1.98. The summed E-state index contributed by atoms with van der Waals surface area (Å²) in [5, 5.41) is 9.60. The molecule has 29 heavy (non-hydrogen) atoms. The number of nitrogens with zero attached hydrogens (tertiary/aromatic N) is 2. The molecule has 11 nitrogen and oxygen atoms in total. The van der Waals surface area contributed by atoms with Crippen LogP contribution in [0.3, 0.4) is 0 Å². The Bertz CT molecular complexity index is 829. The summed E-state index contributed by atoms with van der Waals surface area (Å²) < 4.78 is 28.1. The summed E-state index contributed by atoms with van der Waals surface area (Å²) in [5.41, 5.74) is 21.6. The lowest BCUT2D eigenvalue weighted by molar-refractivity contribution is 0.663. The second-order valence-corrected chi connectivity index (χ2v) is 8.55. The SMILES string of the molecule is NCCCNS(=O)c1ccc(N2CC=C(CN)CC2)c(/C(N)=N/NN)c1S(N)=O. The van der Waals surface area contributed by atoms with E-state index in [1.165, 1.54) is 0 Å². The van der Waals surface area contributed by atoms with Gasteiger partial charge in [-0.25, -0.2) is 29.7 Å². The maximum absolute atomic E-state index is 12.8. The smallest absolute Gasteiger partial charge is 0.155 e. The van der Waals surface area contributed by atoms with Gasteiger partial charge in [0.25, 0.3) is 0 Å². The standard InChI is InChI=1S/C16H29N9O2S2/c17-6-1-7-22-29(27)13-3-2-12(25-8-4-11(10-18)5-9-25)14(15(13)28(21)26)16(19)23-24-20/h2-4,22,24H,1,5-10,17-18,20-21H2,(H2,19,23). The minimum absolute atomic E-state index is 0.00860. The number of hydrogen-bond acceptors (Lipinski definition) is 8. The summed E-state index contributed by atoms with van der Waals surface area (Å²) in [7, 11) is -3.63. The van der Waals surface area contributed by atoms with Gasteiger partial charge in [-0.3, -0.25) is 0 Å². The number of nitrogens with one attached hydrogen (secondary N) is 2. The number of amidine groups is 1. The van der Waals surface area contributed by atoms with E-state index in [1.807, 2.05) is 11.0 Å². The Morgan fingerprint density at radius 3 is 2.59 bits per heavy atom. The van der Waals surface area contributed by atoms with Gasteiger partial charge in [0.15, 0.2) is 5.84 Å². The summed E-state index contributed by atoms with van der Waals surface area (Å²) in [5.74, 6) is 5.28. The summed E-state index contributed by atoms with van der Waals surface area (Å²) >= 11 is 0. The molecule has 12 N–H and O–H groups in total. The fraction of sp³-hybridized carbons (Fsp3) is 0.438. The second kappa shape index (κ2) is 11.3. The van der Waals surface area contributed by atoms with Crippen molar-refractivity contribution < 1.29 is 8.42 Å². The maximum atomic E-state index is 12.8. The molecule has 1 heterocycles. The monoisotopic (exact) mass is 443 g/mol. The average Bonchev–Trinajstić information content (AvgIpc) is 2.72. The van der Waals surface area contributed by atoms with Gasteiger partial charge in [-0.15, -0.1) is 5.10 Å². The lowest BCUT2D eigenvalue weighted by Gasteiger charge is -2.31. The molecule has 0 aromatic heterocycles. The van der Waals surface area contributed by atoms with Crippen LogP contribution < -0.4 is 43.3 Å². The van der Waals surface area contributed by atoms with Crippen LogP contribution in [0.2, 0.25) is 0 Å². The number of nitrogens with two attached hydrogens (primary N) is 5. The molecule has 0 bridgehead atoms. The molecule has 0 saturated heterocycles. The lowest BCUT2D eigenvalue weighted by atomic mass is 10.1. The van der Waals surface area contributed by atoms with Gasteiger partial charge >= 0.3 is 0 Å². The van der Waals surface area contributed by atoms with E-state index >= 15 is 0 Å². The van der Waals surface area contributed by atoms with E-state index in [4.69, 9.17) is 28.2 Å². The number of hydrogen-bond donors (Lipinski definition) is 7. The molecule has 0 aliphatic carbocycles. The van der Waals surface area contributed by atoms with Gasteiger partial charge in [0.1, 0.15) is 22.0 Å². The van der Waals surface area contributed by atoms with Crippen molar-refractivity contribution in [3.05, 3.63) is 29.3 Å². The summed E-state index contributed by atoms with van der Waals surface area (Å²) in [6.07, 6.45) is 3.47. The number of rotatable bonds is 10. The topological polar surface area (TPSA) is 204 Å². The van der Waals surface area contributed by atoms with Crippen LogP contribution in [0.1, 0.15) is 18.4 Å². The van der Waals surface area contributed by atoms with Gasteiger partial charge in [0.05, 0.1) is 15.4 Å². The van der Waals surface area contributed by atoms with E-state index in [0.29, 0.717) is 50.4 Å². The van der Waals surface area contributed by atoms with Gasteiger partial charge in [-0.2, -0.15) is 0 Å². The van der Waals surface area contributed by atoms with E-state index in [-0.39, 0.29) is 15.6 Å². The fourth-order valence-electron chi connectivity index (χ4n) is 3.00. The first-order valence-electron chi connectivity index (χ1n) is 9.05. The Balaban J connectivity index is 2.56. The van der Waals surface area contributed by atoms with Crippen LogP contribution in [0.4, 0.5) is 5.69 Å². The Morgan fingerprint density at radius 1 is 1.28 bits per heavy atom. The van der Waals surface area contributed by atoms with E-state index < -0.39 is 22.0 Å². The summed E-state index contributed by atoms with van der Waals surface area (Å²) in [6, 6.07) is 3.40. The van der Waals surface area contributed by atoms with Crippen molar-refractivity contribution in [2.75, 3.05) is 37.6 Å². The van der Waals surface area contributed by atoms with Crippen LogP contribution in [0, 0.1) is 0 Å². The molecule has 13 heteroatoms. The van der Waals surface area contributed by atoms with E-state index in [9.17, 15) is 8.42 Å². The zero-order valence-electron chi connectivity index (χ0n) is 16.1. The van der Waals surface area contributed by atoms with Gasteiger partial charge < -0.3 is 22.1 Å². The largest absolute Gasteiger partial charge is 0.382 e. The van der Waals surface area contributed by atoms with Crippen molar-refractivity contribution in [3.8, 4) is 0 Å². The Labute approximate surface area is 175 Å². The van der Waals surface area contributed by atoms with Crippen molar-refractivity contribution in [2.45, 2.75) is 22.6 Å². The lowest BCUT2D eigenvalue weighted by Crippen LogP contribution is -2.34. The molecule has 1 aliphatic rings. The van der Waals surface area contributed by atoms with Crippen molar-refractivity contribution in [3.63, 3.8) is 0 Å². The first-order chi connectivity index (χ1) is 13.9. The Kier molecular flexibility index (Phi) is 9.16. The van der Waals surface area contributed by atoms with E-state index in [2.05, 4.69) is 15.4 Å². The molecule has 2 rings (SSSR count). The molecule has 0 radical (unpaired) electrons. The number of hydrazone groups is 1.